The van der Waals surface area contributed by atoms with Crippen LogP contribution in [0.25, 0.3) is 5.69 Å². The van der Waals surface area contributed by atoms with Gasteiger partial charge in [-0.3, -0.25) is 4.79 Å². The molecule has 1 atom stereocenters. The Kier molecular flexibility index (Phi) is 8.95. The Labute approximate surface area is 237 Å². The number of nitrogens with zero attached hydrogens (tertiary/aromatic N) is 2. The van der Waals surface area contributed by atoms with Crippen molar-refractivity contribution in [3.05, 3.63) is 94.2 Å². The molecule has 1 aromatic heterocycles. The number of thiocarbonyl (C=S) groups is 1. The van der Waals surface area contributed by atoms with Crippen LogP contribution in [0.4, 0.5) is 4.39 Å². The summed E-state index contributed by atoms with van der Waals surface area (Å²) in [5, 5.41) is 10.5. The molecular weight excluding hydrogens is 533 g/mol. The van der Waals surface area contributed by atoms with Crippen molar-refractivity contribution in [3.8, 4) is 11.4 Å². The number of carbonyl (C=O) groups excluding carboxylic acids is 2. The lowest BCUT2D eigenvalue weighted by atomic mass is 9.95. The Morgan fingerprint density at radius 3 is 2.60 bits per heavy atom. The van der Waals surface area contributed by atoms with Crippen LogP contribution in [0, 0.1) is 19.7 Å². The summed E-state index contributed by atoms with van der Waals surface area (Å²) in [4.78, 5) is 25.3. The zero-order valence-corrected chi connectivity index (χ0v) is 23.4. The lowest BCUT2D eigenvalue weighted by Gasteiger charge is -2.30. The maximum Gasteiger partial charge on any atom is 0.338 e. The average Bonchev–Trinajstić information content (AvgIpc) is 3.20. The van der Waals surface area contributed by atoms with Crippen molar-refractivity contribution in [1.82, 2.24) is 20.6 Å². The number of benzene rings is 2. The highest BCUT2D eigenvalue weighted by molar-refractivity contribution is 7.80. The van der Waals surface area contributed by atoms with Gasteiger partial charge in [-0.25, -0.2) is 14.6 Å². The molecule has 0 unspecified atom stereocenters. The van der Waals surface area contributed by atoms with E-state index in [-0.39, 0.29) is 19.0 Å². The van der Waals surface area contributed by atoms with Crippen molar-refractivity contribution in [1.29, 1.82) is 0 Å². The molecule has 9 nitrogen and oxygen atoms in total. The van der Waals surface area contributed by atoms with E-state index in [9.17, 15) is 14.0 Å². The van der Waals surface area contributed by atoms with Gasteiger partial charge in [0.1, 0.15) is 11.6 Å². The van der Waals surface area contributed by atoms with Gasteiger partial charge in [0.15, 0.2) is 11.7 Å². The van der Waals surface area contributed by atoms with Gasteiger partial charge < -0.3 is 24.7 Å². The normalized spacial score (nSPS) is 15.0. The summed E-state index contributed by atoms with van der Waals surface area (Å²) < 4.78 is 26.4. The smallest absolute Gasteiger partial charge is 0.338 e. The third kappa shape index (κ3) is 6.37. The summed E-state index contributed by atoms with van der Waals surface area (Å²) >= 11 is 5.31. The Balaban J connectivity index is 1.44. The number of amides is 1. The Bertz CT molecular complexity index is 1500. The molecule has 1 amide bonds. The highest BCUT2D eigenvalue weighted by atomic mass is 32.1. The second kappa shape index (κ2) is 12.6. The van der Waals surface area contributed by atoms with E-state index < -0.39 is 17.9 Å². The minimum absolute atomic E-state index is 0.224. The van der Waals surface area contributed by atoms with Gasteiger partial charge in [0, 0.05) is 33.9 Å². The van der Waals surface area contributed by atoms with Crippen LogP contribution < -0.4 is 20.8 Å². The Hall–Kier alpha value is -4.51. The predicted molar refractivity (Wildman–Crippen MR) is 154 cm³/mol. The number of hydrogen-bond acceptors (Lipinski definition) is 6. The summed E-state index contributed by atoms with van der Waals surface area (Å²) in [6, 6.07) is 14.6. The molecule has 0 spiro atoms. The molecule has 0 saturated carbocycles. The minimum Gasteiger partial charge on any atom is -0.483 e. The van der Waals surface area contributed by atoms with Crippen LogP contribution in [-0.2, 0) is 14.3 Å². The van der Waals surface area contributed by atoms with Gasteiger partial charge in [-0.15, -0.1) is 0 Å². The van der Waals surface area contributed by atoms with Crippen molar-refractivity contribution in [2.45, 2.75) is 33.7 Å². The van der Waals surface area contributed by atoms with Crippen molar-refractivity contribution < 1.29 is 23.5 Å². The van der Waals surface area contributed by atoms with Crippen LogP contribution >= 0.6 is 12.2 Å². The van der Waals surface area contributed by atoms with Crippen LogP contribution in [0.5, 0.6) is 5.75 Å². The number of para-hydroxylation sites is 1. The quantitative estimate of drug-likeness (QED) is 0.156. The summed E-state index contributed by atoms with van der Waals surface area (Å²) in [6.45, 7) is 7.25. The van der Waals surface area contributed by atoms with Crippen LogP contribution in [0.3, 0.4) is 0 Å². The number of halogens is 1. The zero-order chi connectivity index (χ0) is 28.8. The second-order valence-electron chi connectivity index (χ2n) is 9.05. The first kappa shape index (κ1) is 28.5. The first-order chi connectivity index (χ1) is 19.2. The molecule has 0 aliphatic carbocycles. The van der Waals surface area contributed by atoms with Crippen LogP contribution in [0.2, 0.25) is 0 Å². The monoisotopic (exact) mass is 563 g/mol. The number of hydrazone groups is 1. The third-order valence-corrected chi connectivity index (χ3v) is 6.52. The van der Waals surface area contributed by atoms with Gasteiger partial charge in [0.2, 0.25) is 0 Å². The zero-order valence-electron chi connectivity index (χ0n) is 22.6. The van der Waals surface area contributed by atoms with E-state index in [1.807, 2.05) is 24.5 Å². The van der Waals surface area contributed by atoms with E-state index >= 15 is 0 Å². The number of aryl methyl sites for hydroxylation is 1. The average molecular weight is 564 g/mol. The molecule has 4 rings (SSSR count). The first-order valence-electron chi connectivity index (χ1n) is 12.6. The van der Waals surface area contributed by atoms with E-state index in [0.29, 0.717) is 27.7 Å². The fourth-order valence-electron chi connectivity index (χ4n) is 4.51. The van der Waals surface area contributed by atoms with Crippen molar-refractivity contribution in [2.75, 3.05) is 13.2 Å². The van der Waals surface area contributed by atoms with Gasteiger partial charge in [-0.05, 0) is 76.3 Å². The third-order valence-electron chi connectivity index (χ3n) is 6.30. The molecule has 0 bridgehead atoms. The maximum absolute atomic E-state index is 13.3. The molecule has 40 heavy (non-hydrogen) atoms. The number of esters is 1. The molecule has 208 valence electrons. The van der Waals surface area contributed by atoms with Crippen LogP contribution in [0.15, 0.2) is 71.0 Å². The first-order valence-corrected chi connectivity index (χ1v) is 13.0. The lowest BCUT2D eigenvalue weighted by molar-refractivity contribution is -0.139. The van der Waals surface area contributed by atoms with Gasteiger partial charge >= 0.3 is 5.97 Å². The Morgan fingerprint density at radius 1 is 1.15 bits per heavy atom. The summed E-state index contributed by atoms with van der Waals surface area (Å²) in [5.74, 6) is -0.846. The molecule has 0 radical (unpaired) electrons. The number of carbonyl (C=O) groups is 2. The second-order valence-corrected chi connectivity index (χ2v) is 9.46. The number of nitrogens with one attached hydrogen (secondary N) is 3. The van der Waals surface area contributed by atoms with E-state index in [4.69, 9.17) is 21.7 Å². The molecule has 0 fully saturated rings. The highest BCUT2D eigenvalue weighted by Gasteiger charge is 2.32. The lowest BCUT2D eigenvalue weighted by Crippen LogP contribution is -2.45. The molecular formula is C29H30FN5O4S. The minimum atomic E-state index is -0.624. The summed E-state index contributed by atoms with van der Waals surface area (Å²) in [6.07, 6.45) is 1.55. The van der Waals surface area contributed by atoms with Gasteiger partial charge in [0.25, 0.3) is 5.91 Å². The summed E-state index contributed by atoms with van der Waals surface area (Å²) in [7, 11) is 0. The van der Waals surface area contributed by atoms with Crippen molar-refractivity contribution >= 4 is 35.4 Å². The fourth-order valence-corrected chi connectivity index (χ4v) is 4.78. The summed E-state index contributed by atoms with van der Waals surface area (Å²) in [5.41, 5.74) is 7.51. The van der Waals surface area contributed by atoms with Gasteiger partial charge in [0.05, 0.1) is 24.4 Å². The number of ether oxygens (including phenoxy) is 2. The molecule has 3 N–H and O–H groups in total. The fraction of sp³-hybridized carbons (Fsp3) is 0.241. The predicted octanol–water partition coefficient (Wildman–Crippen LogP) is 4.12. The Morgan fingerprint density at radius 2 is 1.88 bits per heavy atom. The van der Waals surface area contributed by atoms with E-state index in [2.05, 4.69) is 21.2 Å². The largest absolute Gasteiger partial charge is 0.483 e. The standard InChI is InChI=1S/C29H30FN5O4S/c1-5-38-28(37)26-18(3)32-29(40)33-27(26)23-8-6-7-9-24(23)39-16-25(36)34-31-15-20-14-17(2)35(19(20)4)22-12-10-21(30)11-13-22/h6-15,27H,5,16H2,1-4H3,(H,34,36)(H2,32,33,40)/t27-/m0/s1. The van der Waals surface area contributed by atoms with E-state index in [1.54, 1.807) is 56.5 Å². The number of hydrogen-bond donors (Lipinski definition) is 3. The SMILES string of the molecule is CCOC(=O)C1=C(C)NC(=S)N[C@H]1c1ccccc1OCC(=O)NN=Cc1cc(C)n(-c2ccc(F)cc2)c1C. The van der Waals surface area contributed by atoms with E-state index in [1.165, 1.54) is 12.1 Å². The topological polar surface area (TPSA) is 106 Å². The van der Waals surface area contributed by atoms with Crippen molar-refractivity contribution in [2.24, 2.45) is 5.10 Å². The highest BCUT2D eigenvalue weighted by Crippen LogP contribution is 2.33. The molecule has 1 aliphatic rings. The molecule has 2 aromatic carbocycles. The van der Waals surface area contributed by atoms with Crippen LogP contribution in [-0.4, -0.2) is 41.0 Å². The molecule has 0 saturated heterocycles. The molecule has 11 heteroatoms. The molecule has 1 aliphatic heterocycles. The number of allylic oxidation sites excluding steroid dienone is 1. The van der Waals surface area contributed by atoms with Gasteiger partial charge in [-0.1, -0.05) is 18.2 Å². The van der Waals surface area contributed by atoms with Crippen LogP contribution in [0.1, 0.15) is 42.4 Å². The van der Waals surface area contributed by atoms with Crippen molar-refractivity contribution in [3.63, 3.8) is 0 Å². The van der Waals surface area contributed by atoms with Gasteiger partial charge in [-0.2, -0.15) is 5.10 Å². The molecule has 3 aromatic rings. The maximum atomic E-state index is 13.3. The number of rotatable bonds is 9. The van der Waals surface area contributed by atoms with E-state index in [0.717, 1.165) is 22.6 Å². The number of aromatic nitrogens is 1. The molecule has 2 heterocycles.